The summed E-state index contributed by atoms with van der Waals surface area (Å²) in [6.07, 6.45) is 8.81. The molecule has 0 saturated carbocycles. The molecule has 0 fully saturated rings. The van der Waals surface area contributed by atoms with E-state index in [4.69, 9.17) is 4.74 Å². The Bertz CT molecular complexity index is 1030. The maximum atomic E-state index is 4.95. The lowest BCUT2D eigenvalue weighted by molar-refractivity contribution is 0.380. The van der Waals surface area contributed by atoms with Gasteiger partial charge in [-0.15, -0.1) is 0 Å². The number of nitrogens with zero attached hydrogens (tertiary/aromatic N) is 6. The number of aryl methyl sites for hydroxylation is 2. The van der Waals surface area contributed by atoms with Crippen LogP contribution in [0.25, 0.3) is 17.2 Å². The monoisotopic (exact) mass is 336 g/mol. The third-order valence-electron chi connectivity index (χ3n) is 3.69. The van der Waals surface area contributed by atoms with E-state index in [1.165, 1.54) is 7.11 Å². The van der Waals surface area contributed by atoms with Gasteiger partial charge in [0.25, 0.3) is 0 Å². The van der Waals surface area contributed by atoms with Crippen molar-refractivity contribution in [3.05, 3.63) is 42.2 Å². The summed E-state index contributed by atoms with van der Waals surface area (Å²) in [7, 11) is 1.52. The highest BCUT2D eigenvalue weighted by atomic mass is 16.5. The minimum Gasteiger partial charge on any atom is -0.467 e. The average molecular weight is 336 g/mol. The Morgan fingerprint density at radius 2 is 1.84 bits per heavy atom. The number of methoxy groups -OCH3 is 1. The van der Waals surface area contributed by atoms with Crippen molar-refractivity contribution in [1.29, 1.82) is 0 Å². The number of hydrogen-bond acceptors (Lipinski definition) is 7. The van der Waals surface area contributed by atoms with E-state index in [9.17, 15) is 0 Å². The summed E-state index contributed by atoms with van der Waals surface area (Å²) in [5.74, 6) is 1.24. The van der Waals surface area contributed by atoms with Crippen molar-refractivity contribution in [2.24, 2.45) is 0 Å². The van der Waals surface area contributed by atoms with Crippen molar-refractivity contribution < 1.29 is 4.74 Å². The van der Waals surface area contributed by atoms with Gasteiger partial charge in [0.1, 0.15) is 0 Å². The zero-order chi connectivity index (χ0) is 17.4. The number of rotatable bonds is 4. The van der Waals surface area contributed by atoms with Crippen LogP contribution in [0.15, 0.2) is 31.0 Å². The highest BCUT2D eigenvalue weighted by Gasteiger charge is 2.14. The zero-order valence-corrected chi connectivity index (χ0v) is 14.0. The molecule has 9 heteroatoms. The number of aromatic nitrogens is 7. The molecule has 0 radical (unpaired) electrons. The summed E-state index contributed by atoms with van der Waals surface area (Å²) in [5, 5.41) is 3.12. The van der Waals surface area contributed by atoms with Gasteiger partial charge in [-0.3, -0.25) is 4.40 Å². The first-order chi connectivity index (χ1) is 12.1. The van der Waals surface area contributed by atoms with Crippen molar-refractivity contribution in [2.75, 3.05) is 12.4 Å². The van der Waals surface area contributed by atoms with E-state index in [1.54, 1.807) is 24.8 Å². The third-order valence-corrected chi connectivity index (χ3v) is 3.69. The Labute approximate surface area is 143 Å². The molecule has 4 aromatic heterocycles. The summed E-state index contributed by atoms with van der Waals surface area (Å²) < 4.78 is 6.90. The number of aromatic amines is 1. The fourth-order valence-corrected chi connectivity index (χ4v) is 2.59. The first-order valence-corrected chi connectivity index (χ1v) is 7.64. The number of H-pyrrole nitrogens is 1. The molecule has 0 spiro atoms. The van der Waals surface area contributed by atoms with Crippen LogP contribution in [0.4, 0.5) is 11.6 Å². The lowest BCUT2D eigenvalue weighted by Crippen LogP contribution is -1.97. The van der Waals surface area contributed by atoms with Crippen LogP contribution in [0.3, 0.4) is 0 Å². The van der Waals surface area contributed by atoms with Gasteiger partial charge >= 0.3 is 6.01 Å². The topological polar surface area (TPSA) is 106 Å². The van der Waals surface area contributed by atoms with Crippen LogP contribution in [-0.2, 0) is 0 Å². The molecule has 0 aliphatic heterocycles. The van der Waals surface area contributed by atoms with Crippen molar-refractivity contribution in [2.45, 2.75) is 13.8 Å². The lowest BCUT2D eigenvalue weighted by atomic mass is 10.3. The molecule has 4 aromatic rings. The molecule has 4 heterocycles. The SMILES string of the molecule is COc1ncc(Nc2ncc(-c3c(C)nc4ncc(C)cn34)[nH]2)cn1. The number of imidazole rings is 2. The summed E-state index contributed by atoms with van der Waals surface area (Å²) in [4.78, 5) is 24.6. The van der Waals surface area contributed by atoms with Crippen molar-refractivity contribution >= 4 is 17.4 Å². The van der Waals surface area contributed by atoms with Gasteiger partial charge in [-0.05, 0) is 19.4 Å². The maximum Gasteiger partial charge on any atom is 0.316 e. The normalized spacial score (nSPS) is 11.0. The van der Waals surface area contributed by atoms with Gasteiger partial charge in [-0.2, -0.15) is 0 Å². The smallest absolute Gasteiger partial charge is 0.316 e. The Kier molecular flexibility index (Phi) is 3.53. The van der Waals surface area contributed by atoms with Gasteiger partial charge in [0.15, 0.2) is 0 Å². The fraction of sp³-hybridized carbons (Fsp3) is 0.188. The van der Waals surface area contributed by atoms with Crippen LogP contribution in [0, 0.1) is 13.8 Å². The first-order valence-electron chi connectivity index (χ1n) is 7.64. The fourth-order valence-electron chi connectivity index (χ4n) is 2.59. The van der Waals surface area contributed by atoms with E-state index >= 15 is 0 Å². The Morgan fingerprint density at radius 1 is 1.04 bits per heavy atom. The molecule has 9 nitrogen and oxygen atoms in total. The molecule has 126 valence electrons. The van der Waals surface area contributed by atoms with E-state index in [0.717, 1.165) is 22.6 Å². The lowest BCUT2D eigenvalue weighted by Gasteiger charge is -2.03. The second kappa shape index (κ2) is 5.86. The largest absolute Gasteiger partial charge is 0.467 e. The average Bonchev–Trinajstić information content (AvgIpc) is 3.18. The Morgan fingerprint density at radius 3 is 2.60 bits per heavy atom. The van der Waals surface area contributed by atoms with E-state index in [0.29, 0.717) is 23.4 Å². The zero-order valence-electron chi connectivity index (χ0n) is 14.0. The molecule has 2 N–H and O–H groups in total. The second-order valence-corrected chi connectivity index (χ2v) is 5.58. The predicted octanol–water partition coefficient (Wildman–Crippen LogP) is 2.28. The molecule has 0 aromatic carbocycles. The Hall–Kier alpha value is -3.49. The van der Waals surface area contributed by atoms with Crippen molar-refractivity contribution in [3.63, 3.8) is 0 Å². The standard InChI is InChI=1S/C16H16N8O/c1-9-4-18-15-21-10(2)13(24(15)8-9)12-7-17-14(23-12)22-11-5-19-16(25-3)20-6-11/h4-8H,1-3H3,(H2,17,22,23). The molecule has 4 rings (SSSR count). The van der Waals surface area contributed by atoms with Gasteiger partial charge < -0.3 is 15.0 Å². The van der Waals surface area contributed by atoms with Crippen LogP contribution in [0.1, 0.15) is 11.3 Å². The predicted molar refractivity (Wildman–Crippen MR) is 91.9 cm³/mol. The van der Waals surface area contributed by atoms with Crippen LogP contribution in [0.2, 0.25) is 0 Å². The molecule has 0 atom stereocenters. The number of anilines is 2. The highest BCUT2D eigenvalue weighted by molar-refractivity contribution is 5.64. The van der Waals surface area contributed by atoms with Crippen LogP contribution in [0.5, 0.6) is 6.01 Å². The number of fused-ring (bicyclic) bond motifs is 1. The maximum absolute atomic E-state index is 4.95. The molecule has 0 amide bonds. The third kappa shape index (κ3) is 2.75. The van der Waals surface area contributed by atoms with Crippen LogP contribution >= 0.6 is 0 Å². The van der Waals surface area contributed by atoms with Gasteiger partial charge in [-0.1, -0.05) is 0 Å². The number of ether oxygens (including phenoxy) is 1. The Balaban J connectivity index is 1.67. The summed E-state index contributed by atoms with van der Waals surface area (Å²) in [5.41, 5.74) is 4.40. The second-order valence-electron chi connectivity index (χ2n) is 5.58. The van der Waals surface area contributed by atoms with Gasteiger partial charge in [-0.25, -0.2) is 24.9 Å². The van der Waals surface area contributed by atoms with Crippen molar-refractivity contribution in [3.8, 4) is 17.4 Å². The molecule has 0 aliphatic rings. The molecular weight excluding hydrogens is 320 g/mol. The number of hydrogen-bond donors (Lipinski definition) is 2. The van der Waals surface area contributed by atoms with Crippen LogP contribution < -0.4 is 10.1 Å². The van der Waals surface area contributed by atoms with Crippen molar-refractivity contribution in [1.82, 2.24) is 34.3 Å². The quantitative estimate of drug-likeness (QED) is 0.589. The van der Waals surface area contributed by atoms with E-state index in [1.807, 2.05) is 24.4 Å². The van der Waals surface area contributed by atoms with Gasteiger partial charge in [0.05, 0.1) is 48.5 Å². The van der Waals surface area contributed by atoms with Crippen LogP contribution in [-0.4, -0.2) is 41.4 Å². The highest BCUT2D eigenvalue weighted by Crippen LogP contribution is 2.24. The minimum atomic E-state index is 0.315. The number of nitrogens with one attached hydrogen (secondary N) is 2. The van der Waals surface area contributed by atoms with E-state index in [-0.39, 0.29) is 0 Å². The molecule has 0 saturated heterocycles. The molecule has 0 unspecified atom stereocenters. The summed E-state index contributed by atoms with van der Waals surface area (Å²) in [6.45, 7) is 3.94. The summed E-state index contributed by atoms with van der Waals surface area (Å²) in [6, 6.07) is 0.315. The first kappa shape index (κ1) is 15.1. The minimum absolute atomic E-state index is 0.315. The molecule has 0 aliphatic carbocycles. The molecule has 25 heavy (non-hydrogen) atoms. The molecular formula is C16H16N8O. The van der Waals surface area contributed by atoms with E-state index in [2.05, 4.69) is 35.2 Å². The summed E-state index contributed by atoms with van der Waals surface area (Å²) >= 11 is 0. The van der Waals surface area contributed by atoms with Gasteiger partial charge in [0, 0.05) is 12.4 Å². The molecule has 0 bridgehead atoms. The van der Waals surface area contributed by atoms with E-state index < -0.39 is 0 Å². The van der Waals surface area contributed by atoms with Gasteiger partial charge in [0.2, 0.25) is 11.7 Å².